The molecule has 2 aromatic carbocycles. The Morgan fingerprint density at radius 1 is 0.950 bits per heavy atom. The van der Waals surface area contributed by atoms with Crippen molar-refractivity contribution in [2.75, 3.05) is 19.6 Å². The molecule has 0 aliphatic heterocycles. The Labute approximate surface area is 120 Å². The van der Waals surface area contributed by atoms with Crippen molar-refractivity contribution in [2.45, 2.75) is 6.42 Å². The number of phenols is 1. The minimum Gasteiger partial charge on any atom is -0.508 e. The summed E-state index contributed by atoms with van der Waals surface area (Å²) in [7, 11) is 0. The fraction of sp³-hybridized carbons (Fsp3) is 0.235. The van der Waals surface area contributed by atoms with Gasteiger partial charge in [-0.05, 0) is 36.2 Å². The van der Waals surface area contributed by atoms with Crippen molar-refractivity contribution in [2.24, 2.45) is 4.99 Å². The molecule has 0 radical (unpaired) electrons. The van der Waals surface area contributed by atoms with Crippen LogP contribution in [0.4, 0.5) is 0 Å². The van der Waals surface area contributed by atoms with E-state index in [0.717, 1.165) is 31.6 Å². The highest BCUT2D eigenvalue weighted by Crippen LogP contribution is 2.09. The van der Waals surface area contributed by atoms with Crippen LogP contribution in [0.5, 0.6) is 5.75 Å². The first-order valence-electron chi connectivity index (χ1n) is 6.88. The lowest BCUT2D eigenvalue weighted by atomic mass is 10.1. The molecule has 104 valence electrons. The Morgan fingerprint density at radius 3 is 2.45 bits per heavy atom. The van der Waals surface area contributed by atoms with E-state index < -0.39 is 0 Å². The van der Waals surface area contributed by atoms with Gasteiger partial charge in [0.2, 0.25) is 0 Å². The van der Waals surface area contributed by atoms with Gasteiger partial charge in [0.25, 0.3) is 0 Å². The fourth-order valence-corrected chi connectivity index (χ4v) is 1.87. The van der Waals surface area contributed by atoms with Gasteiger partial charge in [-0.1, -0.05) is 42.5 Å². The third-order valence-corrected chi connectivity index (χ3v) is 2.98. The molecule has 0 heterocycles. The first-order valence-corrected chi connectivity index (χ1v) is 6.88. The summed E-state index contributed by atoms with van der Waals surface area (Å²) in [4.78, 5) is 4.38. The third-order valence-electron chi connectivity index (χ3n) is 2.98. The lowest BCUT2D eigenvalue weighted by Gasteiger charge is -2.03. The van der Waals surface area contributed by atoms with E-state index in [1.807, 2.05) is 48.7 Å². The number of nitrogens with one attached hydrogen (secondary N) is 1. The largest absolute Gasteiger partial charge is 0.508 e. The zero-order valence-electron chi connectivity index (χ0n) is 11.5. The zero-order chi connectivity index (χ0) is 14.0. The predicted octanol–water partition coefficient (Wildman–Crippen LogP) is 2.64. The van der Waals surface area contributed by atoms with Crippen LogP contribution in [0.25, 0.3) is 0 Å². The third kappa shape index (κ3) is 5.24. The average Bonchev–Trinajstić information content (AvgIpc) is 2.49. The van der Waals surface area contributed by atoms with Gasteiger partial charge in [-0.25, -0.2) is 0 Å². The Bertz CT molecular complexity index is 520. The molecule has 2 N–H and O–H groups in total. The predicted molar refractivity (Wildman–Crippen MR) is 83.6 cm³/mol. The van der Waals surface area contributed by atoms with Crippen LogP contribution in [0, 0.1) is 0 Å². The summed E-state index contributed by atoms with van der Waals surface area (Å²) in [6.07, 6.45) is 2.87. The Balaban J connectivity index is 1.58. The maximum atomic E-state index is 9.19. The molecule has 0 saturated heterocycles. The van der Waals surface area contributed by atoms with Gasteiger partial charge < -0.3 is 10.4 Å². The molecule has 0 amide bonds. The molecule has 3 nitrogen and oxygen atoms in total. The maximum absolute atomic E-state index is 9.19. The molecular weight excluding hydrogens is 248 g/mol. The van der Waals surface area contributed by atoms with E-state index in [1.165, 1.54) is 5.56 Å². The van der Waals surface area contributed by atoms with Gasteiger partial charge in [-0.15, -0.1) is 0 Å². The number of hydrogen-bond acceptors (Lipinski definition) is 3. The Morgan fingerprint density at radius 2 is 1.70 bits per heavy atom. The average molecular weight is 268 g/mol. The van der Waals surface area contributed by atoms with Crippen LogP contribution in [0.15, 0.2) is 59.6 Å². The molecule has 2 aromatic rings. The summed E-state index contributed by atoms with van der Waals surface area (Å²) in [6, 6.07) is 17.5. The van der Waals surface area contributed by atoms with Crippen LogP contribution in [0.3, 0.4) is 0 Å². The van der Waals surface area contributed by atoms with Crippen molar-refractivity contribution in [3.63, 3.8) is 0 Å². The molecule has 3 heteroatoms. The molecule has 0 fully saturated rings. The van der Waals surface area contributed by atoms with Gasteiger partial charge in [0, 0.05) is 12.8 Å². The number of aliphatic imine (C=N–C) groups is 1. The van der Waals surface area contributed by atoms with E-state index in [1.54, 1.807) is 12.1 Å². The number of aromatic hydroxyl groups is 1. The normalized spacial score (nSPS) is 11.0. The van der Waals surface area contributed by atoms with Crippen LogP contribution in [-0.4, -0.2) is 31.0 Å². The van der Waals surface area contributed by atoms with E-state index >= 15 is 0 Å². The van der Waals surface area contributed by atoms with Crippen LogP contribution in [0.1, 0.15) is 11.1 Å². The number of benzene rings is 2. The molecule has 2 rings (SSSR count). The molecule has 0 unspecified atom stereocenters. The van der Waals surface area contributed by atoms with E-state index in [2.05, 4.69) is 10.3 Å². The van der Waals surface area contributed by atoms with E-state index in [0.29, 0.717) is 5.75 Å². The summed E-state index contributed by atoms with van der Waals surface area (Å²) >= 11 is 0. The van der Waals surface area contributed by atoms with E-state index in [4.69, 9.17) is 0 Å². The first kappa shape index (κ1) is 14.3. The second-order valence-corrected chi connectivity index (χ2v) is 4.61. The van der Waals surface area contributed by atoms with Crippen molar-refractivity contribution in [3.05, 3.63) is 65.7 Å². The molecule has 0 bridgehead atoms. The van der Waals surface area contributed by atoms with Gasteiger partial charge in [0.1, 0.15) is 5.75 Å². The van der Waals surface area contributed by atoms with Crippen LogP contribution < -0.4 is 5.32 Å². The van der Waals surface area contributed by atoms with Gasteiger partial charge >= 0.3 is 0 Å². The SMILES string of the molecule is Oc1ccc(CCNCCN=Cc2ccccc2)cc1. The molecule has 0 aromatic heterocycles. The molecule has 0 atom stereocenters. The molecule has 0 aliphatic carbocycles. The topological polar surface area (TPSA) is 44.6 Å². The van der Waals surface area contributed by atoms with Crippen LogP contribution in [-0.2, 0) is 6.42 Å². The highest BCUT2D eigenvalue weighted by molar-refractivity contribution is 5.79. The molecular formula is C17H20N2O. The molecule has 0 spiro atoms. The van der Waals surface area contributed by atoms with Crippen LogP contribution >= 0.6 is 0 Å². The van der Waals surface area contributed by atoms with Gasteiger partial charge in [0.15, 0.2) is 0 Å². The van der Waals surface area contributed by atoms with Crippen molar-refractivity contribution in [1.29, 1.82) is 0 Å². The number of hydrogen-bond donors (Lipinski definition) is 2. The minimum absolute atomic E-state index is 0.317. The summed E-state index contributed by atoms with van der Waals surface area (Å²) < 4.78 is 0. The Kier molecular flexibility index (Phi) is 5.80. The minimum atomic E-state index is 0.317. The Hall–Kier alpha value is -2.13. The summed E-state index contributed by atoms with van der Waals surface area (Å²) in [5, 5.41) is 12.5. The highest BCUT2D eigenvalue weighted by atomic mass is 16.3. The zero-order valence-corrected chi connectivity index (χ0v) is 11.5. The lowest BCUT2D eigenvalue weighted by Crippen LogP contribution is -2.20. The number of phenolic OH excluding ortho intramolecular Hbond substituents is 1. The standard InChI is InChI=1S/C17H20N2O/c20-17-8-6-15(7-9-17)10-11-18-12-13-19-14-16-4-2-1-3-5-16/h1-9,14,18,20H,10-13H2. The quantitative estimate of drug-likeness (QED) is 0.599. The summed E-state index contributed by atoms with van der Waals surface area (Å²) in [6.45, 7) is 2.58. The molecule has 0 saturated carbocycles. The van der Waals surface area contributed by atoms with Gasteiger partial charge in [-0.3, -0.25) is 4.99 Å². The van der Waals surface area contributed by atoms with Gasteiger partial charge in [-0.2, -0.15) is 0 Å². The smallest absolute Gasteiger partial charge is 0.115 e. The van der Waals surface area contributed by atoms with Crippen LogP contribution in [0.2, 0.25) is 0 Å². The van der Waals surface area contributed by atoms with Gasteiger partial charge in [0.05, 0.1) is 6.54 Å². The number of nitrogens with zero attached hydrogens (tertiary/aromatic N) is 1. The second-order valence-electron chi connectivity index (χ2n) is 4.61. The molecule has 0 aliphatic rings. The first-order chi connectivity index (χ1) is 9.84. The lowest BCUT2D eigenvalue weighted by molar-refractivity contribution is 0.475. The molecule has 20 heavy (non-hydrogen) atoms. The fourth-order valence-electron chi connectivity index (χ4n) is 1.87. The number of rotatable bonds is 7. The van der Waals surface area contributed by atoms with E-state index in [9.17, 15) is 5.11 Å². The van der Waals surface area contributed by atoms with Crippen molar-refractivity contribution >= 4 is 6.21 Å². The maximum Gasteiger partial charge on any atom is 0.115 e. The highest BCUT2D eigenvalue weighted by Gasteiger charge is 1.93. The van der Waals surface area contributed by atoms with Crippen molar-refractivity contribution in [3.8, 4) is 5.75 Å². The summed E-state index contributed by atoms with van der Waals surface area (Å²) in [5.41, 5.74) is 2.36. The summed E-state index contributed by atoms with van der Waals surface area (Å²) in [5.74, 6) is 0.317. The van der Waals surface area contributed by atoms with Crippen molar-refractivity contribution in [1.82, 2.24) is 5.32 Å². The monoisotopic (exact) mass is 268 g/mol. The van der Waals surface area contributed by atoms with Crippen molar-refractivity contribution < 1.29 is 5.11 Å². The van der Waals surface area contributed by atoms with E-state index in [-0.39, 0.29) is 0 Å². The second kappa shape index (κ2) is 8.12.